The fourth-order valence-electron chi connectivity index (χ4n) is 0.818. The van der Waals surface area contributed by atoms with E-state index in [0.717, 1.165) is 0 Å². The summed E-state index contributed by atoms with van der Waals surface area (Å²) in [5, 5.41) is 11.0. The van der Waals surface area contributed by atoms with Crippen molar-refractivity contribution in [2.24, 2.45) is 5.73 Å². The molecule has 5 heteroatoms. The van der Waals surface area contributed by atoms with E-state index in [0.29, 0.717) is 32.2 Å². The summed E-state index contributed by atoms with van der Waals surface area (Å²) in [6, 6.07) is 0. The summed E-state index contributed by atoms with van der Waals surface area (Å²) >= 11 is 0. The molecule has 0 unspecified atom stereocenters. The number of amides is 2. The van der Waals surface area contributed by atoms with Crippen LogP contribution < -0.4 is 11.1 Å². The van der Waals surface area contributed by atoms with Crippen molar-refractivity contribution in [2.45, 2.75) is 25.7 Å². The molecule has 0 aliphatic carbocycles. The standard InChI is InChI=1S/C8H16N2O3/c9-7(12)3-1-5-10-8(13)4-2-6-11/h11H,1-6H2,(H2,9,12)(H,10,13). The van der Waals surface area contributed by atoms with E-state index in [4.69, 9.17) is 10.8 Å². The first-order valence-electron chi connectivity index (χ1n) is 4.32. The molecule has 0 bridgehead atoms. The Kier molecular flexibility index (Phi) is 6.91. The van der Waals surface area contributed by atoms with Gasteiger partial charge in [0, 0.05) is 26.0 Å². The number of hydrogen-bond donors (Lipinski definition) is 3. The number of nitrogens with one attached hydrogen (secondary N) is 1. The molecular formula is C8H16N2O3. The minimum Gasteiger partial charge on any atom is -0.396 e. The van der Waals surface area contributed by atoms with E-state index >= 15 is 0 Å². The molecule has 4 N–H and O–H groups in total. The Morgan fingerprint density at radius 3 is 2.46 bits per heavy atom. The molecule has 0 aliphatic heterocycles. The van der Waals surface area contributed by atoms with Crippen LogP contribution in [0.1, 0.15) is 25.7 Å². The maximum absolute atomic E-state index is 10.9. The van der Waals surface area contributed by atoms with Gasteiger partial charge in [-0.3, -0.25) is 9.59 Å². The second-order valence-corrected chi connectivity index (χ2v) is 2.75. The molecule has 2 amide bonds. The van der Waals surface area contributed by atoms with Gasteiger partial charge >= 0.3 is 0 Å². The summed E-state index contributed by atoms with van der Waals surface area (Å²) in [6.45, 7) is 0.488. The molecule has 0 saturated carbocycles. The summed E-state index contributed by atoms with van der Waals surface area (Å²) in [5.41, 5.74) is 4.90. The second kappa shape index (κ2) is 7.54. The van der Waals surface area contributed by atoms with Gasteiger partial charge in [0.25, 0.3) is 0 Å². The van der Waals surface area contributed by atoms with E-state index < -0.39 is 0 Å². The molecule has 0 aliphatic rings. The Bertz CT molecular complexity index is 171. The lowest BCUT2D eigenvalue weighted by atomic mass is 10.3. The molecule has 0 aromatic carbocycles. The van der Waals surface area contributed by atoms with Crippen molar-refractivity contribution in [1.82, 2.24) is 5.32 Å². The largest absolute Gasteiger partial charge is 0.396 e. The summed E-state index contributed by atoms with van der Waals surface area (Å²) in [4.78, 5) is 21.2. The lowest BCUT2D eigenvalue weighted by Gasteiger charge is -2.02. The van der Waals surface area contributed by atoms with Crippen LogP contribution in [0.3, 0.4) is 0 Å². The minimum atomic E-state index is -0.357. The number of rotatable bonds is 7. The maximum Gasteiger partial charge on any atom is 0.220 e. The van der Waals surface area contributed by atoms with Crippen molar-refractivity contribution >= 4 is 11.8 Å². The van der Waals surface area contributed by atoms with Crippen molar-refractivity contribution in [3.8, 4) is 0 Å². The van der Waals surface area contributed by atoms with Gasteiger partial charge in [-0.25, -0.2) is 0 Å². The smallest absolute Gasteiger partial charge is 0.220 e. The van der Waals surface area contributed by atoms with Crippen molar-refractivity contribution in [3.05, 3.63) is 0 Å². The Labute approximate surface area is 77.3 Å². The number of primary amides is 1. The van der Waals surface area contributed by atoms with Crippen molar-refractivity contribution < 1.29 is 14.7 Å². The molecule has 0 rings (SSSR count). The van der Waals surface area contributed by atoms with Gasteiger partial charge in [0.2, 0.25) is 11.8 Å². The highest BCUT2D eigenvalue weighted by atomic mass is 16.3. The predicted octanol–water partition coefficient (Wildman–Crippen LogP) is -0.859. The molecule has 0 heterocycles. The molecule has 0 aromatic heterocycles. The minimum absolute atomic E-state index is 0.0225. The Balaban J connectivity index is 3.22. The average molecular weight is 188 g/mol. The fourth-order valence-corrected chi connectivity index (χ4v) is 0.818. The maximum atomic E-state index is 10.9. The van der Waals surface area contributed by atoms with Crippen LogP contribution in [0, 0.1) is 0 Å². The molecule has 0 spiro atoms. The molecule has 0 atom stereocenters. The van der Waals surface area contributed by atoms with Crippen LogP contribution >= 0.6 is 0 Å². The first-order chi connectivity index (χ1) is 6.16. The molecule has 76 valence electrons. The highest BCUT2D eigenvalue weighted by molar-refractivity contribution is 5.76. The molecule has 0 aromatic rings. The van der Waals surface area contributed by atoms with Gasteiger partial charge in [-0.2, -0.15) is 0 Å². The number of hydrogen-bond acceptors (Lipinski definition) is 3. The molecule has 0 fully saturated rings. The van der Waals surface area contributed by atoms with Crippen LogP contribution in [0.25, 0.3) is 0 Å². The van der Waals surface area contributed by atoms with Crippen LogP contribution in [0.4, 0.5) is 0 Å². The predicted molar refractivity (Wildman–Crippen MR) is 47.8 cm³/mol. The second-order valence-electron chi connectivity index (χ2n) is 2.75. The Hall–Kier alpha value is -1.10. The zero-order valence-electron chi connectivity index (χ0n) is 7.58. The highest BCUT2D eigenvalue weighted by Gasteiger charge is 1.99. The lowest BCUT2D eigenvalue weighted by Crippen LogP contribution is -2.25. The lowest BCUT2D eigenvalue weighted by molar-refractivity contribution is -0.122. The molecule has 0 saturated heterocycles. The quantitative estimate of drug-likeness (QED) is 0.454. The van der Waals surface area contributed by atoms with Crippen LogP contribution in [-0.2, 0) is 9.59 Å². The van der Waals surface area contributed by atoms with Crippen molar-refractivity contribution in [2.75, 3.05) is 13.2 Å². The summed E-state index contributed by atoms with van der Waals surface area (Å²) in [5.74, 6) is -0.455. The van der Waals surface area contributed by atoms with Crippen LogP contribution in [-0.4, -0.2) is 30.1 Å². The van der Waals surface area contributed by atoms with Gasteiger partial charge < -0.3 is 16.2 Å². The monoisotopic (exact) mass is 188 g/mol. The van der Waals surface area contributed by atoms with Crippen LogP contribution in [0.2, 0.25) is 0 Å². The zero-order chi connectivity index (χ0) is 10.1. The zero-order valence-corrected chi connectivity index (χ0v) is 7.58. The van der Waals surface area contributed by atoms with Gasteiger partial charge in [0.1, 0.15) is 0 Å². The highest BCUT2D eigenvalue weighted by Crippen LogP contribution is 1.88. The molecule has 0 radical (unpaired) electrons. The Morgan fingerprint density at radius 1 is 1.23 bits per heavy atom. The average Bonchev–Trinajstić information content (AvgIpc) is 2.08. The number of carbonyl (C=O) groups excluding carboxylic acids is 2. The third-order valence-electron chi connectivity index (χ3n) is 1.48. The summed E-state index contributed by atoms with van der Waals surface area (Å²) in [7, 11) is 0. The third-order valence-corrected chi connectivity index (χ3v) is 1.48. The van der Waals surface area contributed by atoms with Crippen LogP contribution in [0.15, 0.2) is 0 Å². The van der Waals surface area contributed by atoms with Gasteiger partial charge in [-0.05, 0) is 12.8 Å². The number of aliphatic hydroxyl groups is 1. The normalized spacial score (nSPS) is 9.62. The van der Waals surface area contributed by atoms with E-state index in [1.54, 1.807) is 0 Å². The Morgan fingerprint density at radius 2 is 1.92 bits per heavy atom. The molecular weight excluding hydrogens is 172 g/mol. The van der Waals surface area contributed by atoms with Gasteiger partial charge in [-0.15, -0.1) is 0 Å². The van der Waals surface area contributed by atoms with Crippen LogP contribution in [0.5, 0.6) is 0 Å². The number of carbonyl (C=O) groups is 2. The summed E-state index contributed by atoms with van der Waals surface area (Å²) in [6.07, 6.45) is 1.66. The van der Waals surface area contributed by atoms with E-state index in [1.165, 1.54) is 0 Å². The van der Waals surface area contributed by atoms with Crippen molar-refractivity contribution in [1.29, 1.82) is 0 Å². The van der Waals surface area contributed by atoms with Gasteiger partial charge in [0.05, 0.1) is 0 Å². The third kappa shape index (κ3) is 8.81. The topological polar surface area (TPSA) is 92.4 Å². The van der Waals surface area contributed by atoms with Gasteiger partial charge in [0.15, 0.2) is 0 Å². The van der Waals surface area contributed by atoms with Gasteiger partial charge in [-0.1, -0.05) is 0 Å². The number of nitrogens with two attached hydrogens (primary N) is 1. The first-order valence-corrected chi connectivity index (χ1v) is 4.32. The van der Waals surface area contributed by atoms with Crippen molar-refractivity contribution in [3.63, 3.8) is 0 Å². The first kappa shape index (κ1) is 11.9. The van der Waals surface area contributed by atoms with E-state index in [2.05, 4.69) is 5.32 Å². The molecule has 5 nitrogen and oxygen atoms in total. The number of aliphatic hydroxyl groups excluding tert-OH is 1. The SMILES string of the molecule is NC(=O)CCCNC(=O)CCCO. The van der Waals surface area contributed by atoms with E-state index in [1.807, 2.05) is 0 Å². The molecule has 13 heavy (non-hydrogen) atoms. The van der Waals surface area contributed by atoms with E-state index in [-0.39, 0.29) is 18.4 Å². The fraction of sp³-hybridized carbons (Fsp3) is 0.750. The summed E-state index contributed by atoms with van der Waals surface area (Å²) < 4.78 is 0. The van der Waals surface area contributed by atoms with E-state index in [9.17, 15) is 9.59 Å².